The van der Waals surface area contributed by atoms with Gasteiger partial charge in [-0.1, -0.05) is 54.6 Å². The quantitative estimate of drug-likeness (QED) is 0.195. The summed E-state index contributed by atoms with van der Waals surface area (Å²) in [6.45, 7) is 2.50. The van der Waals surface area contributed by atoms with Crippen LogP contribution in [0.25, 0.3) is 11.1 Å². The highest BCUT2D eigenvalue weighted by Crippen LogP contribution is 2.34. The number of hydrogen-bond acceptors (Lipinski definition) is 8. The summed E-state index contributed by atoms with van der Waals surface area (Å²) in [5.41, 5.74) is 1.55. The molecule has 39 heavy (non-hydrogen) atoms. The van der Waals surface area contributed by atoms with Crippen molar-refractivity contribution < 1.29 is 23.8 Å². The molecular formula is C30H27N3O5S. The predicted octanol–water partition coefficient (Wildman–Crippen LogP) is 6.05. The molecule has 0 saturated heterocycles. The minimum Gasteiger partial charge on any atom is -0.492 e. The monoisotopic (exact) mass is 541 g/mol. The molecule has 0 aliphatic rings. The first-order valence-corrected chi connectivity index (χ1v) is 13.2. The van der Waals surface area contributed by atoms with E-state index in [2.05, 4.69) is 10.3 Å². The number of ether oxygens (including phenoxy) is 1. The summed E-state index contributed by atoms with van der Waals surface area (Å²) >= 11 is 1.29. The molecule has 198 valence electrons. The lowest BCUT2D eigenvalue weighted by molar-refractivity contribution is -0.142. The highest BCUT2D eigenvalue weighted by molar-refractivity contribution is 7.14. The van der Waals surface area contributed by atoms with Crippen molar-refractivity contribution in [1.82, 2.24) is 4.98 Å². The zero-order valence-corrected chi connectivity index (χ0v) is 22.3. The highest BCUT2D eigenvalue weighted by atomic mass is 32.1. The van der Waals surface area contributed by atoms with E-state index in [0.717, 1.165) is 11.1 Å². The average molecular weight is 542 g/mol. The zero-order chi connectivity index (χ0) is 27.4. The highest BCUT2D eigenvalue weighted by Gasteiger charge is 2.36. The fourth-order valence-electron chi connectivity index (χ4n) is 4.11. The van der Waals surface area contributed by atoms with Gasteiger partial charge in [0.05, 0.1) is 12.1 Å². The number of ketones is 1. The maximum Gasteiger partial charge on any atom is 0.333 e. The van der Waals surface area contributed by atoms with E-state index in [-0.39, 0.29) is 5.78 Å². The second-order valence-electron chi connectivity index (χ2n) is 9.17. The fourth-order valence-corrected chi connectivity index (χ4v) is 5.00. The molecule has 1 unspecified atom stereocenters. The summed E-state index contributed by atoms with van der Waals surface area (Å²) in [4.78, 5) is 31.8. The Morgan fingerprint density at radius 1 is 1.03 bits per heavy atom. The van der Waals surface area contributed by atoms with Gasteiger partial charge in [0.25, 0.3) is 6.01 Å². The Hall–Kier alpha value is -4.63. The number of oxazole rings is 1. The Labute approximate surface area is 229 Å². The summed E-state index contributed by atoms with van der Waals surface area (Å²) < 4.78 is 11.7. The SMILES string of the molecule is CN(CCOc1ccc(C(C)(Nc2sccc2C(=O)c2ccccc2)C(=O)O)cc1)c1nc2ccccc2o1. The van der Waals surface area contributed by atoms with Gasteiger partial charge in [-0.3, -0.25) is 4.79 Å². The van der Waals surface area contributed by atoms with Gasteiger partial charge in [0.2, 0.25) is 0 Å². The molecule has 0 amide bonds. The van der Waals surface area contributed by atoms with Gasteiger partial charge in [-0.05, 0) is 48.2 Å². The van der Waals surface area contributed by atoms with Crippen LogP contribution < -0.4 is 15.0 Å². The number of para-hydroxylation sites is 2. The van der Waals surface area contributed by atoms with E-state index in [1.54, 1.807) is 66.9 Å². The van der Waals surface area contributed by atoms with Crippen LogP contribution in [0.1, 0.15) is 28.4 Å². The number of carboxylic acid groups (broad SMARTS) is 1. The van der Waals surface area contributed by atoms with Crippen molar-refractivity contribution in [3.05, 3.63) is 107 Å². The number of benzene rings is 3. The number of fused-ring (bicyclic) bond motifs is 1. The Morgan fingerprint density at radius 2 is 1.74 bits per heavy atom. The summed E-state index contributed by atoms with van der Waals surface area (Å²) in [6.07, 6.45) is 0. The zero-order valence-electron chi connectivity index (χ0n) is 21.5. The summed E-state index contributed by atoms with van der Waals surface area (Å²) in [5, 5.41) is 15.5. The minimum absolute atomic E-state index is 0.168. The van der Waals surface area contributed by atoms with Crippen molar-refractivity contribution in [2.75, 3.05) is 30.4 Å². The van der Waals surface area contributed by atoms with Crippen molar-refractivity contribution in [2.45, 2.75) is 12.5 Å². The Balaban J connectivity index is 1.25. The third-order valence-electron chi connectivity index (χ3n) is 6.47. The number of aromatic nitrogens is 1. The van der Waals surface area contributed by atoms with Gasteiger partial charge < -0.3 is 24.5 Å². The van der Waals surface area contributed by atoms with E-state index in [4.69, 9.17) is 9.15 Å². The number of hydrogen-bond donors (Lipinski definition) is 2. The van der Waals surface area contributed by atoms with Crippen molar-refractivity contribution in [3.8, 4) is 5.75 Å². The molecule has 2 N–H and O–H groups in total. The number of nitrogens with one attached hydrogen (secondary N) is 1. The number of rotatable bonds is 11. The van der Waals surface area contributed by atoms with Gasteiger partial charge in [-0.15, -0.1) is 11.3 Å². The Kier molecular flexibility index (Phi) is 7.33. The number of thiophene rings is 1. The van der Waals surface area contributed by atoms with Crippen molar-refractivity contribution >= 4 is 45.2 Å². The molecule has 0 bridgehead atoms. The molecular weight excluding hydrogens is 514 g/mol. The number of carbonyl (C=O) groups excluding carboxylic acids is 1. The summed E-state index contributed by atoms with van der Waals surface area (Å²) in [7, 11) is 1.88. The molecule has 0 saturated carbocycles. The van der Waals surface area contributed by atoms with Crippen LogP contribution in [-0.4, -0.2) is 42.0 Å². The molecule has 0 aliphatic heterocycles. The van der Waals surface area contributed by atoms with Crippen LogP contribution in [-0.2, 0) is 10.3 Å². The summed E-state index contributed by atoms with van der Waals surface area (Å²) in [5.74, 6) is -0.630. The molecule has 0 aliphatic carbocycles. The normalized spacial score (nSPS) is 12.6. The Morgan fingerprint density at radius 3 is 2.46 bits per heavy atom. The minimum atomic E-state index is -1.47. The van der Waals surface area contributed by atoms with Gasteiger partial charge in [-0.2, -0.15) is 4.98 Å². The molecule has 5 aromatic rings. The molecule has 1 atom stereocenters. The van der Waals surface area contributed by atoms with E-state index in [1.807, 2.05) is 42.3 Å². The van der Waals surface area contributed by atoms with Crippen molar-refractivity contribution in [2.24, 2.45) is 0 Å². The lowest BCUT2D eigenvalue weighted by Gasteiger charge is -2.28. The number of nitrogens with zero attached hydrogens (tertiary/aromatic N) is 2. The lowest BCUT2D eigenvalue weighted by atomic mass is 9.91. The van der Waals surface area contributed by atoms with Gasteiger partial charge in [0.1, 0.15) is 22.9 Å². The van der Waals surface area contributed by atoms with Crippen LogP contribution in [0.15, 0.2) is 94.7 Å². The average Bonchev–Trinajstić information content (AvgIpc) is 3.60. The van der Waals surface area contributed by atoms with Crippen LogP contribution >= 0.6 is 11.3 Å². The standard InChI is InChI=1S/C30H27N3O5S/c1-30(28(35)36,32-27-23(16-19-39-27)26(34)20-8-4-3-5-9-20)21-12-14-22(15-13-21)37-18-17-33(2)29-31-24-10-6-7-11-25(24)38-29/h3-16,19,32H,17-18H2,1-2H3,(H,35,36). The molecule has 3 aromatic carbocycles. The third kappa shape index (κ3) is 5.49. The smallest absolute Gasteiger partial charge is 0.333 e. The Bertz CT molecular complexity index is 1560. The number of carbonyl (C=O) groups is 2. The molecule has 5 rings (SSSR count). The van der Waals surface area contributed by atoms with Gasteiger partial charge >= 0.3 is 5.97 Å². The first-order valence-electron chi connectivity index (χ1n) is 12.3. The van der Waals surface area contributed by atoms with Crippen molar-refractivity contribution in [1.29, 1.82) is 0 Å². The first-order chi connectivity index (χ1) is 18.8. The third-order valence-corrected chi connectivity index (χ3v) is 7.30. The van der Waals surface area contributed by atoms with Crippen LogP contribution in [0.2, 0.25) is 0 Å². The predicted molar refractivity (Wildman–Crippen MR) is 152 cm³/mol. The maximum absolute atomic E-state index is 13.0. The van der Waals surface area contributed by atoms with Gasteiger partial charge in [0, 0.05) is 12.6 Å². The maximum atomic E-state index is 13.0. The van der Waals surface area contributed by atoms with E-state index in [9.17, 15) is 14.7 Å². The van der Waals surface area contributed by atoms with Crippen LogP contribution in [0.5, 0.6) is 5.75 Å². The van der Waals surface area contributed by atoms with Gasteiger partial charge in [0.15, 0.2) is 16.9 Å². The van der Waals surface area contributed by atoms with Gasteiger partial charge in [-0.25, -0.2) is 4.79 Å². The lowest BCUT2D eigenvalue weighted by Crippen LogP contribution is -2.40. The molecule has 9 heteroatoms. The topological polar surface area (TPSA) is 105 Å². The molecule has 8 nitrogen and oxygen atoms in total. The largest absolute Gasteiger partial charge is 0.492 e. The van der Waals surface area contributed by atoms with Crippen LogP contribution in [0.4, 0.5) is 11.0 Å². The molecule has 0 fully saturated rings. The molecule has 0 spiro atoms. The number of carboxylic acids is 1. The van der Waals surface area contributed by atoms with Crippen LogP contribution in [0, 0.1) is 0 Å². The van der Waals surface area contributed by atoms with Crippen molar-refractivity contribution in [3.63, 3.8) is 0 Å². The van der Waals surface area contributed by atoms with Crippen LogP contribution in [0.3, 0.4) is 0 Å². The molecule has 0 radical (unpaired) electrons. The molecule has 2 aromatic heterocycles. The fraction of sp³-hybridized carbons (Fsp3) is 0.167. The molecule has 2 heterocycles. The van der Waals surface area contributed by atoms with E-state index >= 15 is 0 Å². The van der Waals surface area contributed by atoms with E-state index in [1.165, 1.54) is 11.3 Å². The number of anilines is 2. The second kappa shape index (κ2) is 11.0. The summed E-state index contributed by atoms with van der Waals surface area (Å²) in [6, 6.07) is 25.6. The second-order valence-corrected chi connectivity index (χ2v) is 10.1. The van der Waals surface area contributed by atoms with E-state index < -0.39 is 11.5 Å². The number of likely N-dealkylation sites (N-methyl/N-ethyl adjacent to an activating group) is 1. The van der Waals surface area contributed by atoms with E-state index in [0.29, 0.717) is 46.6 Å². The first kappa shape index (κ1) is 26.0. The number of aliphatic carboxylic acids is 1.